The lowest BCUT2D eigenvalue weighted by Gasteiger charge is -2.34. The molecule has 3 heteroatoms. The Morgan fingerprint density at radius 3 is 2.33 bits per heavy atom. The van der Waals surface area contributed by atoms with E-state index < -0.39 is 0 Å². The van der Waals surface area contributed by atoms with Gasteiger partial charge in [-0.1, -0.05) is 13.8 Å². The molecule has 1 saturated carbocycles. The summed E-state index contributed by atoms with van der Waals surface area (Å²) in [5.74, 6) is 1.27. The summed E-state index contributed by atoms with van der Waals surface area (Å²) < 4.78 is 0. The molecule has 1 aliphatic rings. The van der Waals surface area contributed by atoms with Crippen LogP contribution in [0.1, 0.15) is 47.0 Å². The number of hydrogen-bond acceptors (Lipinski definition) is 3. The van der Waals surface area contributed by atoms with Crippen molar-refractivity contribution in [1.29, 1.82) is 5.26 Å². The molecule has 1 rings (SSSR count). The highest BCUT2D eigenvalue weighted by atomic mass is 15.2. The Morgan fingerprint density at radius 2 is 1.94 bits per heavy atom. The van der Waals surface area contributed by atoms with Crippen LogP contribution in [-0.2, 0) is 0 Å². The van der Waals surface area contributed by atoms with E-state index in [4.69, 9.17) is 0 Å². The number of nitriles is 1. The summed E-state index contributed by atoms with van der Waals surface area (Å²) in [6, 6.07) is 2.94. The molecule has 1 atom stereocenters. The van der Waals surface area contributed by atoms with Crippen molar-refractivity contribution < 1.29 is 0 Å². The van der Waals surface area contributed by atoms with Gasteiger partial charge in [-0.05, 0) is 58.5 Å². The monoisotopic (exact) mass is 251 g/mol. The topological polar surface area (TPSA) is 39.1 Å². The van der Waals surface area contributed by atoms with Gasteiger partial charge in [0.2, 0.25) is 0 Å². The van der Waals surface area contributed by atoms with Crippen molar-refractivity contribution in [3.05, 3.63) is 0 Å². The fourth-order valence-electron chi connectivity index (χ4n) is 2.53. The van der Waals surface area contributed by atoms with Crippen molar-refractivity contribution in [1.82, 2.24) is 10.2 Å². The lowest BCUT2D eigenvalue weighted by Crippen LogP contribution is -2.56. The molecule has 0 aromatic carbocycles. The molecule has 3 nitrogen and oxygen atoms in total. The molecular formula is C15H29N3. The molecule has 0 saturated heterocycles. The van der Waals surface area contributed by atoms with Crippen LogP contribution in [0.4, 0.5) is 0 Å². The second-order valence-electron chi connectivity index (χ2n) is 6.58. The molecule has 1 fully saturated rings. The fourth-order valence-corrected chi connectivity index (χ4v) is 2.53. The van der Waals surface area contributed by atoms with Crippen molar-refractivity contribution in [2.75, 3.05) is 20.1 Å². The van der Waals surface area contributed by atoms with Crippen molar-refractivity contribution >= 4 is 0 Å². The highest BCUT2D eigenvalue weighted by molar-refractivity contribution is 5.17. The van der Waals surface area contributed by atoms with Gasteiger partial charge in [-0.25, -0.2) is 0 Å². The van der Waals surface area contributed by atoms with Gasteiger partial charge >= 0.3 is 0 Å². The largest absolute Gasteiger partial charge is 0.303 e. The van der Waals surface area contributed by atoms with Crippen LogP contribution in [0.3, 0.4) is 0 Å². The van der Waals surface area contributed by atoms with Gasteiger partial charge in [0.15, 0.2) is 0 Å². The van der Waals surface area contributed by atoms with Gasteiger partial charge in [0.1, 0.15) is 5.54 Å². The van der Waals surface area contributed by atoms with Gasteiger partial charge in [0, 0.05) is 12.6 Å². The smallest absolute Gasteiger partial charge is 0.122 e. The minimum absolute atomic E-state index is 0.333. The maximum atomic E-state index is 9.62. The lowest BCUT2D eigenvalue weighted by molar-refractivity contribution is 0.210. The summed E-state index contributed by atoms with van der Waals surface area (Å²) in [6.45, 7) is 10.7. The SMILES string of the molecule is CC(C)CCN(C)CC(C#N)(NC(C)C)C1CC1. The first-order valence-electron chi connectivity index (χ1n) is 7.27. The van der Waals surface area contributed by atoms with Crippen LogP contribution in [0.2, 0.25) is 0 Å². The number of nitrogens with zero attached hydrogens (tertiary/aromatic N) is 2. The van der Waals surface area contributed by atoms with Crippen molar-refractivity contribution in [3.8, 4) is 6.07 Å². The summed E-state index contributed by atoms with van der Waals surface area (Å²) in [4.78, 5) is 2.32. The molecule has 0 radical (unpaired) electrons. The summed E-state index contributed by atoms with van der Waals surface area (Å²) >= 11 is 0. The molecule has 0 aliphatic heterocycles. The predicted octanol–water partition coefficient (Wildman–Crippen LogP) is 2.63. The Labute approximate surface area is 113 Å². The van der Waals surface area contributed by atoms with Crippen molar-refractivity contribution in [2.24, 2.45) is 11.8 Å². The summed E-state index contributed by atoms with van der Waals surface area (Å²) in [7, 11) is 2.14. The molecule has 104 valence electrons. The molecule has 0 heterocycles. The van der Waals surface area contributed by atoms with Crippen LogP contribution in [0.25, 0.3) is 0 Å². The molecule has 0 aromatic rings. The van der Waals surface area contributed by atoms with E-state index in [0.717, 1.165) is 19.0 Å². The Hall–Kier alpha value is -0.590. The first kappa shape index (κ1) is 15.5. The molecule has 0 bridgehead atoms. The summed E-state index contributed by atoms with van der Waals surface area (Å²) in [5.41, 5.74) is -0.333. The van der Waals surface area contributed by atoms with Gasteiger partial charge < -0.3 is 4.90 Å². The average Bonchev–Trinajstić information content (AvgIpc) is 3.08. The first-order chi connectivity index (χ1) is 8.39. The Balaban J connectivity index is 2.58. The van der Waals surface area contributed by atoms with Gasteiger partial charge in [-0.3, -0.25) is 5.32 Å². The van der Waals surface area contributed by atoms with Crippen LogP contribution in [0.15, 0.2) is 0 Å². The minimum Gasteiger partial charge on any atom is -0.303 e. The van der Waals surface area contributed by atoms with Crippen LogP contribution in [-0.4, -0.2) is 36.6 Å². The van der Waals surface area contributed by atoms with Crippen molar-refractivity contribution in [2.45, 2.75) is 58.5 Å². The van der Waals surface area contributed by atoms with E-state index in [1.54, 1.807) is 0 Å². The number of likely N-dealkylation sites (N-methyl/N-ethyl adjacent to an activating group) is 1. The third-order valence-electron chi connectivity index (χ3n) is 3.63. The zero-order valence-electron chi connectivity index (χ0n) is 12.7. The van der Waals surface area contributed by atoms with Crippen LogP contribution in [0.5, 0.6) is 0 Å². The van der Waals surface area contributed by atoms with Crippen LogP contribution in [0, 0.1) is 23.2 Å². The highest BCUT2D eigenvalue weighted by Gasteiger charge is 2.46. The van der Waals surface area contributed by atoms with Crippen LogP contribution < -0.4 is 5.32 Å². The van der Waals surface area contributed by atoms with E-state index in [2.05, 4.69) is 51.0 Å². The van der Waals surface area contributed by atoms with E-state index in [1.165, 1.54) is 19.3 Å². The molecule has 1 N–H and O–H groups in total. The number of hydrogen-bond donors (Lipinski definition) is 1. The van der Waals surface area contributed by atoms with Gasteiger partial charge in [0.25, 0.3) is 0 Å². The molecular weight excluding hydrogens is 222 g/mol. The summed E-state index contributed by atoms with van der Waals surface area (Å²) in [6.07, 6.45) is 3.60. The third-order valence-corrected chi connectivity index (χ3v) is 3.63. The maximum absolute atomic E-state index is 9.62. The zero-order valence-corrected chi connectivity index (χ0v) is 12.7. The second kappa shape index (κ2) is 6.54. The lowest BCUT2D eigenvalue weighted by atomic mass is 9.93. The molecule has 18 heavy (non-hydrogen) atoms. The maximum Gasteiger partial charge on any atom is 0.122 e. The fraction of sp³-hybridized carbons (Fsp3) is 0.933. The third kappa shape index (κ3) is 4.59. The second-order valence-corrected chi connectivity index (χ2v) is 6.58. The molecule has 0 amide bonds. The normalized spacial score (nSPS) is 19.3. The molecule has 1 aliphatic carbocycles. The summed E-state index contributed by atoms with van der Waals surface area (Å²) in [5, 5.41) is 13.1. The highest BCUT2D eigenvalue weighted by Crippen LogP contribution is 2.40. The Bertz CT molecular complexity index is 289. The Morgan fingerprint density at radius 1 is 1.33 bits per heavy atom. The van der Waals surface area contributed by atoms with E-state index >= 15 is 0 Å². The van der Waals surface area contributed by atoms with E-state index in [-0.39, 0.29) is 5.54 Å². The molecule has 1 unspecified atom stereocenters. The Kier molecular flexibility index (Phi) is 5.62. The zero-order chi connectivity index (χ0) is 13.8. The van der Waals surface area contributed by atoms with Gasteiger partial charge in [-0.15, -0.1) is 0 Å². The first-order valence-corrected chi connectivity index (χ1v) is 7.27. The quantitative estimate of drug-likeness (QED) is 0.721. The molecule has 0 spiro atoms. The standard InChI is InChI=1S/C15H29N3/c1-12(2)8-9-18(5)11-15(10-16,14-6-7-14)17-13(3)4/h12-14,17H,6-9,11H2,1-5H3. The van der Waals surface area contributed by atoms with Gasteiger partial charge in [0.05, 0.1) is 6.07 Å². The minimum atomic E-state index is -0.333. The van der Waals surface area contributed by atoms with Crippen LogP contribution >= 0.6 is 0 Å². The number of rotatable bonds is 8. The average molecular weight is 251 g/mol. The number of nitrogens with one attached hydrogen (secondary N) is 1. The van der Waals surface area contributed by atoms with Gasteiger partial charge in [-0.2, -0.15) is 5.26 Å². The molecule has 0 aromatic heterocycles. The predicted molar refractivity (Wildman–Crippen MR) is 76.3 cm³/mol. The van der Waals surface area contributed by atoms with E-state index in [0.29, 0.717) is 12.0 Å². The van der Waals surface area contributed by atoms with Crippen molar-refractivity contribution in [3.63, 3.8) is 0 Å². The van der Waals surface area contributed by atoms with E-state index in [9.17, 15) is 5.26 Å². The van der Waals surface area contributed by atoms with E-state index in [1.807, 2.05) is 0 Å².